The Balaban J connectivity index is 0.820. The van der Waals surface area contributed by atoms with Gasteiger partial charge in [-0.3, -0.25) is 19.7 Å². The molecule has 1 unspecified atom stereocenters. The minimum absolute atomic E-state index is 0.0322. The number of piperidine rings is 2. The van der Waals surface area contributed by atoms with Crippen LogP contribution < -0.4 is 20.7 Å². The molecule has 3 fully saturated rings. The van der Waals surface area contributed by atoms with Crippen molar-refractivity contribution in [1.82, 2.24) is 39.8 Å². The average molecular weight is 741 g/mol. The van der Waals surface area contributed by atoms with Crippen molar-refractivity contribution in [2.45, 2.75) is 44.3 Å². The van der Waals surface area contributed by atoms with Crippen LogP contribution in [-0.2, 0) is 16.1 Å². The second-order valence-electron chi connectivity index (χ2n) is 14.4. The third-order valence-electron chi connectivity index (χ3n) is 11.1. The lowest BCUT2D eigenvalue weighted by atomic mass is 10.0. The zero-order valence-corrected chi connectivity index (χ0v) is 30.1. The van der Waals surface area contributed by atoms with Gasteiger partial charge in [-0.15, -0.1) is 0 Å². The quantitative estimate of drug-likeness (QED) is 0.240. The van der Waals surface area contributed by atoms with Crippen LogP contribution in [0.15, 0.2) is 79.1 Å². The highest BCUT2D eigenvalue weighted by Crippen LogP contribution is 2.36. The molecule has 0 radical (unpaired) electrons. The third-order valence-corrected chi connectivity index (χ3v) is 11.1. The number of rotatable bonds is 6. The summed E-state index contributed by atoms with van der Waals surface area (Å²) < 4.78 is 7.93. The van der Waals surface area contributed by atoms with E-state index in [0.29, 0.717) is 86.1 Å². The topological polar surface area (TPSA) is 172 Å². The minimum Gasteiger partial charge on any atom is -0.457 e. The molecule has 55 heavy (non-hydrogen) atoms. The number of piperazine rings is 1. The fourth-order valence-corrected chi connectivity index (χ4v) is 8.17. The number of nitrogens with one attached hydrogen (secondary N) is 1. The molecule has 3 aromatic carbocycles. The Bertz CT molecular complexity index is 2300. The SMILES string of the molecule is Nc1ncnc2c1c(-c1ccc(Oc3ccccc3)cc1)nn2C1CCN(C(=O)N2CCN(c3ccc4c(c3)CN(C3CCC(=O)NC3=O)C4=O)CC2)CC1. The largest absolute Gasteiger partial charge is 0.457 e. The molecule has 5 amide bonds. The fourth-order valence-electron chi connectivity index (χ4n) is 8.17. The van der Waals surface area contributed by atoms with Gasteiger partial charge in [0.2, 0.25) is 11.8 Å². The number of amides is 5. The summed E-state index contributed by atoms with van der Waals surface area (Å²) in [5, 5.41) is 8.10. The zero-order chi connectivity index (χ0) is 37.6. The number of likely N-dealkylation sites (tertiary alicyclic amines) is 1. The first kappa shape index (κ1) is 34.3. The Morgan fingerprint density at radius 3 is 2.29 bits per heavy atom. The Labute approximate surface area is 316 Å². The fraction of sp³-hybridized carbons (Fsp3) is 0.325. The molecule has 2 aromatic heterocycles. The second kappa shape index (κ2) is 14.0. The number of anilines is 2. The number of hydrogen-bond acceptors (Lipinski definition) is 10. The number of imide groups is 1. The highest BCUT2D eigenvalue weighted by molar-refractivity contribution is 6.05. The number of hydrogen-bond donors (Lipinski definition) is 2. The van der Waals surface area contributed by atoms with Crippen LogP contribution in [0, 0.1) is 0 Å². The first-order valence-electron chi connectivity index (χ1n) is 18.7. The number of benzene rings is 3. The highest BCUT2D eigenvalue weighted by atomic mass is 16.5. The van der Waals surface area contributed by atoms with Gasteiger partial charge >= 0.3 is 6.03 Å². The van der Waals surface area contributed by atoms with E-state index in [9.17, 15) is 19.2 Å². The molecule has 0 bridgehead atoms. The van der Waals surface area contributed by atoms with E-state index in [1.54, 1.807) is 4.90 Å². The molecule has 280 valence electrons. The van der Waals surface area contributed by atoms with Gasteiger partial charge in [0.15, 0.2) is 5.65 Å². The lowest BCUT2D eigenvalue weighted by Crippen LogP contribution is -2.54. The normalized spacial score (nSPS) is 19.2. The van der Waals surface area contributed by atoms with Crippen molar-refractivity contribution < 1.29 is 23.9 Å². The number of ether oxygens (including phenoxy) is 1. The lowest BCUT2D eigenvalue weighted by Gasteiger charge is -2.40. The van der Waals surface area contributed by atoms with Crippen LogP contribution in [0.5, 0.6) is 11.5 Å². The van der Waals surface area contributed by atoms with Crippen molar-refractivity contribution >= 4 is 46.3 Å². The molecule has 5 aromatic rings. The average Bonchev–Trinajstić information content (AvgIpc) is 3.77. The Hall–Kier alpha value is -6.51. The van der Waals surface area contributed by atoms with Crippen molar-refractivity contribution in [1.29, 1.82) is 0 Å². The van der Waals surface area contributed by atoms with Gasteiger partial charge in [-0.2, -0.15) is 5.10 Å². The molecule has 6 heterocycles. The molecule has 0 spiro atoms. The number of carbonyl (C=O) groups is 4. The molecule has 1 atom stereocenters. The van der Waals surface area contributed by atoms with Gasteiger partial charge in [0.1, 0.15) is 35.4 Å². The van der Waals surface area contributed by atoms with Crippen LogP contribution in [0.4, 0.5) is 16.3 Å². The van der Waals surface area contributed by atoms with Crippen LogP contribution in [0.3, 0.4) is 0 Å². The van der Waals surface area contributed by atoms with E-state index in [4.69, 9.17) is 15.6 Å². The summed E-state index contributed by atoms with van der Waals surface area (Å²) in [5.41, 5.74) is 11.1. The van der Waals surface area contributed by atoms with Crippen LogP contribution in [0.1, 0.15) is 47.6 Å². The van der Waals surface area contributed by atoms with Crippen LogP contribution in [0.2, 0.25) is 0 Å². The van der Waals surface area contributed by atoms with Crippen LogP contribution in [-0.4, -0.2) is 104 Å². The number of fused-ring (bicyclic) bond motifs is 2. The summed E-state index contributed by atoms with van der Waals surface area (Å²) >= 11 is 0. The van der Waals surface area contributed by atoms with E-state index in [0.717, 1.165) is 35.4 Å². The number of aromatic nitrogens is 4. The van der Waals surface area contributed by atoms with Crippen molar-refractivity contribution in [2.75, 3.05) is 49.9 Å². The van der Waals surface area contributed by atoms with Crippen LogP contribution in [0.25, 0.3) is 22.3 Å². The number of carbonyl (C=O) groups excluding carboxylic acids is 4. The standard InChI is InChI=1S/C40H40N10O5/c41-36-34-35(25-6-9-30(10-7-25)55-29-4-2-1-3-5-29)45-50(37(34)43-24-42-36)27-14-16-47(17-15-27)40(54)48-20-18-46(19-21-48)28-8-11-31-26(22-28)23-49(39(31)53)32-12-13-33(51)44-38(32)52/h1-11,22,24,27,32H,12-21,23H2,(H2,41,42,43)(H,44,51,52). The highest BCUT2D eigenvalue weighted by Gasteiger charge is 2.39. The van der Waals surface area contributed by atoms with Crippen LogP contribution >= 0.6 is 0 Å². The second-order valence-corrected chi connectivity index (χ2v) is 14.4. The number of nitrogen functional groups attached to an aromatic ring is 1. The molecule has 3 saturated heterocycles. The van der Waals surface area contributed by atoms with Gasteiger partial charge < -0.3 is 30.1 Å². The van der Waals surface area contributed by atoms with Gasteiger partial charge in [0.25, 0.3) is 5.91 Å². The summed E-state index contributed by atoms with van der Waals surface area (Å²) in [7, 11) is 0. The summed E-state index contributed by atoms with van der Waals surface area (Å²) in [5.74, 6) is 0.926. The van der Waals surface area contributed by atoms with Gasteiger partial charge in [0.05, 0.1) is 11.4 Å². The molecule has 15 nitrogen and oxygen atoms in total. The molecular weight excluding hydrogens is 701 g/mol. The first-order valence-corrected chi connectivity index (χ1v) is 18.7. The monoisotopic (exact) mass is 740 g/mol. The number of urea groups is 1. The maximum Gasteiger partial charge on any atom is 0.320 e. The van der Waals surface area contributed by atoms with Gasteiger partial charge in [0, 0.05) is 69.0 Å². The molecule has 4 aliphatic rings. The molecule has 15 heteroatoms. The summed E-state index contributed by atoms with van der Waals surface area (Å²) in [4.78, 5) is 67.5. The molecule has 0 aliphatic carbocycles. The summed E-state index contributed by atoms with van der Waals surface area (Å²) in [6.45, 7) is 3.99. The number of para-hydroxylation sites is 1. The summed E-state index contributed by atoms with van der Waals surface area (Å²) in [6, 6.07) is 22.5. The number of nitrogens with two attached hydrogens (primary N) is 1. The zero-order valence-electron chi connectivity index (χ0n) is 30.1. The first-order chi connectivity index (χ1) is 26.8. The van der Waals surface area contributed by atoms with Crippen molar-refractivity contribution in [3.05, 3.63) is 90.3 Å². The van der Waals surface area contributed by atoms with Gasteiger partial charge in [-0.1, -0.05) is 18.2 Å². The van der Waals surface area contributed by atoms with E-state index in [1.165, 1.54) is 6.33 Å². The number of nitrogens with zero attached hydrogens (tertiary/aromatic N) is 8. The van der Waals surface area contributed by atoms with E-state index in [2.05, 4.69) is 20.2 Å². The van der Waals surface area contributed by atoms with E-state index in [1.807, 2.05) is 87.3 Å². The molecule has 9 rings (SSSR count). The molecule has 0 saturated carbocycles. The molecular formula is C40H40N10O5. The smallest absolute Gasteiger partial charge is 0.320 e. The van der Waals surface area contributed by atoms with Crippen molar-refractivity contribution in [3.8, 4) is 22.8 Å². The third kappa shape index (κ3) is 6.44. The van der Waals surface area contributed by atoms with E-state index >= 15 is 0 Å². The molecule has 4 aliphatic heterocycles. The Morgan fingerprint density at radius 2 is 1.55 bits per heavy atom. The minimum atomic E-state index is -0.644. The Morgan fingerprint density at radius 1 is 0.818 bits per heavy atom. The summed E-state index contributed by atoms with van der Waals surface area (Å²) in [6.07, 6.45) is 3.46. The van der Waals surface area contributed by atoms with Crippen molar-refractivity contribution in [3.63, 3.8) is 0 Å². The molecule has 3 N–H and O–H groups in total. The van der Waals surface area contributed by atoms with E-state index < -0.39 is 11.9 Å². The van der Waals surface area contributed by atoms with Gasteiger partial charge in [-0.05, 0) is 79.4 Å². The van der Waals surface area contributed by atoms with Gasteiger partial charge in [-0.25, -0.2) is 19.4 Å². The Kier molecular flexibility index (Phi) is 8.75. The predicted molar refractivity (Wildman–Crippen MR) is 203 cm³/mol. The predicted octanol–water partition coefficient (Wildman–Crippen LogP) is 4.21. The lowest BCUT2D eigenvalue weighted by molar-refractivity contribution is -0.136. The van der Waals surface area contributed by atoms with E-state index in [-0.39, 0.29) is 30.3 Å². The maximum atomic E-state index is 13.7. The van der Waals surface area contributed by atoms with Crippen molar-refractivity contribution in [2.24, 2.45) is 0 Å². The maximum absolute atomic E-state index is 13.7.